The zero-order chi connectivity index (χ0) is 12.4. The molecule has 94 valence electrons. The van der Waals surface area contributed by atoms with Gasteiger partial charge in [-0.1, -0.05) is 5.16 Å². The largest absolute Gasteiger partial charge is 0.409 e. The molecule has 0 atom stereocenters. The van der Waals surface area contributed by atoms with E-state index in [1.165, 1.54) is 0 Å². The fraction of sp³-hybridized carbons (Fsp3) is 0.875. The van der Waals surface area contributed by atoms with E-state index >= 15 is 0 Å². The van der Waals surface area contributed by atoms with Gasteiger partial charge < -0.3 is 15.8 Å². The predicted molar refractivity (Wildman–Crippen MR) is 60.9 cm³/mol. The highest BCUT2D eigenvalue weighted by Crippen LogP contribution is 2.22. The third-order valence-electron chi connectivity index (χ3n) is 2.82. The van der Waals surface area contributed by atoms with Gasteiger partial charge in [0.2, 0.25) is 10.0 Å². The third-order valence-corrected chi connectivity index (χ3v) is 3.58. The van der Waals surface area contributed by atoms with Crippen molar-refractivity contribution in [3.63, 3.8) is 0 Å². The number of nitrogens with zero attached hydrogens (tertiary/aromatic N) is 2. The number of nitrogens with two attached hydrogens (primary N) is 1. The number of amidine groups is 1. The Morgan fingerprint density at radius 3 is 2.38 bits per heavy atom. The predicted octanol–water partition coefficient (Wildman–Crippen LogP) is -1.25. The number of hydrogen-bond acceptors (Lipinski definition) is 5. The highest BCUT2D eigenvalue weighted by atomic mass is 32.2. The number of hydrogen-bond donors (Lipinski definition) is 3. The summed E-state index contributed by atoms with van der Waals surface area (Å²) in [6, 6.07) is 0. The summed E-state index contributed by atoms with van der Waals surface area (Å²) in [7, 11) is -1.45. The molecule has 1 rings (SSSR count). The van der Waals surface area contributed by atoms with Gasteiger partial charge in [0, 0.05) is 13.1 Å². The van der Waals surface area contributed by atoms with Gasteiger partial charge in [0.1, 0.15) is 0 Å². The van der Waals surface area contributed by atoms with Crippen molar-refractivity contribution in [1.29, 1.82) is 0 Å². The van der Waals surface area contributed by atoms with Crippen molar-refractivity contribution in [3.8, 4) is 0 Å². The summed E-state index contributed by atoms with van der Waals surface area (Å²) in [5.41, 5.74) is 4.64. The Kier molecular flexibility index (Phi) is 3.76. The molecule has 1 aliphatic rings. The normalized spacial score (nSPS) is 23.2. The number of nitrogens with one attached hydrogen (secondary N) is 1. The summed E-state index contributed by atoms with van der Waals surface area (Å²) in [6.45, 7) is 1.39. The monoisotopic (exact) mass is 250 g/mol. The average Bonchev–Trinajstić information content (AvgIpc) is 2.18. The molecule has 0 amide bonds. The molecular formula is C8H18N4O3S. The van der Waals surface area contributed by atoms with Gasteiger partial charge in [-0.3, -0.25) is 0 Å². The van der Waals surface area contributed by atoms with E-state index in [1.54, 1.807) is 0 Å². The first-order valence-corrected chi connectivity index (χ1v) is 6.84. The second kappa shape index (κ2) is 4.56. The van der Waals surface area contributed by atoms with Crippen LogP contribution in [0.2, 0.25) is 0 Å². The summed E-state index contributed by atoms with van der Waals surface area (Å²) in [5, 5.41) is 11.7. The molecule has 1 fully saturated rings. The van der Waals surface area contributed by atoms with E-state index in [2.05, 4.69) is 14.8 Å². The SMILES string of the molecule is CN1CCC(NS(C)(=O)=O)(/C(N)=N/O)CC1. The topological polar surface area (TPSA) is 108 Å². The Hall–Kier alpha value is -0.860. The molecule has 0 saturated carbocycles. The van der Waals surface area contributed by atoms with E-state index in [4.69, 9.17) is 10.9 Å². The maximum atomic E-state index is 11.3. The molecule has 0 aromatic heterocycles. The van der Waals surface area contributed by atoms with Crippen LogP contribution in [0.3, 0.4) is 0 Å². The van der Waals surface area contributed by atoms with Gasteiger partial charge in [-0.25, -0.2) is 13.1 Å². The minimum absolute atomic E-state index is 0.0778. The van der Waals surface area contributed by atoms with E-state index in [-0.39, 0.29) is 5.84 Å². The molecule has 0 aromatic rings. The fourth-order valence-electron chi connectivity index (χ4n) is 1.86. The Balaban J connectivity index is 2.95. The minimum atomic E-state index is -3.40. The highest BCUT2D eigenvalue weighted by Gasteiger charge is 2.40. The summed E-state index contributed by atoms with van der Waals surface area (Å²) < 4.78 is 25.1. The summed E-state index contributed by atoms with van der Waals surface area (Å²) in [5.74, 6) is -0.0778. The molecule has 0 aromatic carbocycles. The average molecular weight is 250 g/mol. The number of piperidine rings is 1. The number of sulfonamides is 1. The molecule has 7 nitrogen and oxygen atoms in total. The van der Waals surface area contributed by atoms with Crippen LogP contribution >= 0.6 is 0 Å². The smallest absolute Gasteiger partial charge is 0.209 e. The van der Waals surface area contributed by atoms with Crippen LogP contribution in [0.4, 0.5) is 0 Å². The first-order valence-electron chi connectivity index (χ1n) is 4.94. The molecule has 0 spiro atoms. The van der Waals surface area contributed by atoms with Gasteiger partial charge in [0.25, 0.3) is 0 Å². The van der Waals surface area contributed by atoms with Gasteiger partial charge >= 0.3 is 0 Å². The second-order valence-corrected chi connectivity index (χ2v) is 5.99. The van der Waals surface area contributed by atoms with E-state index in [1.807, 2.05) is 7.05 Å². The van der Waals surface area contributed by atoms with Crippen molar-refractivity contribution in [2.45, 2.75) is 18.4 Å². The molecule has 1 saturated heterocycles. The van der Waals surface area contributed by atoms with Crippen LogP contribution in [-0.2, 0) is 10.0 Å². The summed E-state index contributed by atoms with van der Waals surface area (Å²) >= 11 is 0. The molecule has 16 heavy (non-hydrogen) atoms. The lowest BCUT2D eigenvalue weighted by Gasteiger charge is -2.39. The molecule has 0 radical (unpaired) electrons. The second-order valence-electron chi connectivity index (χ2n) is 4.24. The summed E-state index contributed by atoms with van der Waals surface area (Å²) in [6.07, 6.45) is 2.05. The Morgan fingerprint density at radius 2 is 2.00 bits per heavy atom. The molecule has 1 heterocycles. The van der Waals surface area contributed by atoms with Crippen LogP contribution in [0, 0.1) is 0 Å². The van der Waals surface area contributed by atoms with E-state index in [9.17, 15) is 8.42 Å². The van der Waals surface area contributed by atoms with Gasteiger partial charge in [0.05, 0.1) is 11.8 Å². The first kappa shape index (κ1) is 13.2. The van der Waals surface area contributed by atoms with E-state index < -0.39 is 15.6 Å². The maximum Gasteiger partial charge on any atom is 0.209 e. The molecule has 8 heteroatoms. The quantitative estimate of drug-likeness (QED) is 0.251. The Bertz CT molecular complexity index is 371. The van der Waals surface area contributed by atoms with Gasteiger partial charge in [-0.05, 0) is 19.9 Å². The van der Waals surface area contributed by atoms with Crippen LogP contribution in [0.25, 0.3) is 0 Å². The van der Waals surface area contributed by atoms with Gasteiger partial charge in [-0.2, -0.15) is 0 Å². The molecular weight excluding hydrogens is 232 g/mol. The standard InChI is InChI=1S/C8H18N4O3S/c1-12-5-3-8(4-6-12,7(9)10-13)11-16(2,14)15/h11,13H,3-6H2,1-2H3,(H2,9,10). The third kappa shape index (κ3) is 3.06. The minimum Gasteiger partial charge on any atom is -0.409 e. The molecule has 0 unspecified atom stereocenters. The number of oxime groups is 1. The van der Waals surface area contributed by atoms with Crippen molar-refractivity contribution < 1.29 is 13.6 Å². The number of likely N-dealkylation sites (tertiary alicyclic amines) is 1. The lowest BCUT2D eigenvalue weighted by Crippen LogP contribution is -2.61. The molecule has 1 aliphatic heterocycles. The molecule has 0 bridgehead atoms. The van der Waals surface area contributed by atoms with Crippen LogP contribution in [0.15, 0.2) is 5.16 Å². The molecule has 4 N–H and O–H groups in total. The van der Waals surface area contributed by atoms with E-state index in [0.717, 1.165) is 6.26 Å². The van der Waals surface area contributed by atoms with Gasteiger partial charge in [0.15, 0.2) is 5.84 Å². The van der Waals surface area contributed by atoms with Crippen LogP contribution in [0.5, 0.6) is 0 Å². The lowest BCUT2D eigenvalue weighted by molar-refractivity contribution is 0.213. The van der Waals surface area contributed by atoms with Crippen LogP contribution in [-0.4, -0.2) is 56.3 Å². The maximum absolute atomic E-state index is 11.3. The van der Waals surface area contributed by atoms with Crippen molar-refractivity contribution >= 4 is 15.9 Å². The molecule has 0 aliphatic carbocycles. The van der Waals surface area contributed by atoms with Crippen molar-refractivity contribution in [2.75, 3.05) is 26.4 Å². The first-order chi connectivity index (χ1) is 7.29. The van der Waals surface area contributed by atoms with Crippen molar-refractivity contribution in [2.24, 2.45) is 10.9 Å². The Labute approximate surface area is 95.3 Å². The lowest BCUT2D eigenvalue weighted by atomic mass is 9.88. The summed E-state index contributed by atoms with van der Waals surface area (Å²) in [4.78, 5) is 2.06. The zero-order valence-electron chi connectivity index (χ0n) is 9.47. The zero-order valence-corrected chi connectivity index (χ0v) is 10.3. The van der Waals surface area contributed by atoms with Crippen LogP contribution < -0.4 is 10.5 Å². The Morgan fingerprint density at radius 1 is 1.50 bits per heavy atom. The van der Waals surface area contributed by atoms with Gasteiger partial charge in [-0.15, -0.1) is 0 Å². The van der Waals surface area contributed by atoms with Crippen LogP contribution in [0.1, 0.15) is 12.8 Å². The van der Waals surface area contributed by atoms with Crippen molar-refractivity contribution in [3.05, 3.63) is 0 Å². The van der Waals surface area contributed by atoms with E-state index in [0.29, 0.717) is 25.9 Å². The van der Waals surface area contributed by atoms with Crippen molar-refractivity contribution in [1.82, 2.24) is 9.62 Å². The fourth-order valence-corrected chi connectivity index (χ4v) is 2.88. The number of rotatable bonds is 3. The highest BCUT2D eigenvalue weighted by molar-refractivity contribution is 7.88.